The van der Waals surface area contributed by atoms with Crippen LogP contribution in [0.3, 0.4) is 0 Å². The highest BCUT2D eigenvalue weighted by molar-refractivity contribution is 7.38. The van der Waals surface area contributed by atoms with Crippen LogP contribution in [-0.4, -0.2) is 12.0 Å². The summed E-state index contributed by atoms with van der Waals surface area (Å²) in [5, 5.41) is 0. The summed E-state index contributed by atoms with van der Waals surface area (Å²) in [6.07, 6.45) is 2.49. The standard InChI is InChI=1S/C5H11P/c1-3-5-6-4-2/h5H,3-4H2,1-2H3. The summed E-state index contributed by atoms with van der Waals surface area (Å²) < 4.78 is 0. The first kappa shape index (κ1) is 6.17. The molecule has 0 aromatic rings. The summed E-state index contributed by atoms with van der Waals surface area (Å²) >= 11 is 0. The number of hydrogen-bond acceptors (Lipinski definition) is 0. The van der Waals surface area contributed by atoms with Crippen LogP contribution in [0.15, 0.2) is 0 Å². The van der Waals surface area contributed by atoms with Crippen molar-refractivity contribution < 1.29 is 0 Å². The van der Waals surface area contributed by atoms with Crippen LogP contribution in [0.5, 0.6) is 0 Å². The molecule has 0 radical (unpaired) electrons. The molecule has 0 aliphatic heterocycles. The molecule has 6 heavy (non-hydrogen) atoms. The molecule has 0 aromatic heterocycles. The zero-order valence-electron chi connectivity index (χ0n) is 4.44. The summed E-state index contributed by atoms with van der Waals surface area (Å²) in [5.74, 6) is 2.28. The Balaban J connectivity index is 2.73. The van der Waals surface area contributed by atoms with Gasteiger partial charge >= 0.3 is 0 Å². The van der Waals surface area contributed by atoms with Crippen molar-refractivity contribution in [1.29, 1.82) is 0 Å². The highest BCUT2D eigenvalue weighted by Gasteiger charge is 1.60. The van der Waals surface area contributed by atoms with Gasteiger partial charge in [-0.2, -0.15) is 0 Å². The minimum atomic E-state index is 1.22. The summed E-state index contributed by atoms with van der Waals surface area (Å²) in [6.45, 7) is 4.36. The fourth-order valence-corrected chi connectivity index (χ4v) is 0.775. The van der Waals surface area contributed by atoms with Gasteiger partial charge in [0.2, 0.25) is 0 Å². The van der Waals surface area contributed by atoms with Crippen molar-refractivity contribution in [2.45, 2.75) is 20.3 Å². The van der Waals surface area contributed by atoms with Gasteiger partial charge < -0.3 is 0 Å². The molecule has 1 heteroatoms. The van der Waals surface area contributed by atoms with E-state index in [4.69, 9.17) is 0 Å². The number of rotatable bonds is 2. The first-order valence-electron chi connectivity index (χ1n) is 2.40. The molecule has 0 N–H and O–H groups in total. The maximum Gasteiger partial charge on any atom is -0.0138 e. The third kappa shape index (κ3) is 4.17. The largest absolute Gasteiger partial charge is 0.109 e. The van der Waals surface area contributed by atoms with Crippen LogP contribution >= 0.6 is 8.20 Å². The molecule has 0 atom stereocenters. The molecule has 0 fully saturated rings. The quantitative estimate of drug-likeness (QED) is 0.469. The van der Waals surface area contributed by atoms with Crippen LogP contribution in [0.2, 0.25) is 0 Å². The number of hydrogen-bond donors (Lipinski definition) is 0. The lowest BCUT2D eigenvalue weighted by atomic mass is 10.6. The van der Waals surface area contributed by atoms with E-state index in [1.54, 1.807) is 0 Å². The van der Waals surface area contributed by atoms with E-state index >= 15 is 0 Å². The molecule has 36 valence electrons. The molecule has 0 aliphatic rings. The lowest BCUT2D eigenvalue weighted by Gasteiger charge is -1.71. The molecular weight excluding hydrogens is 91.0 g/mol. The molecular formula is C5H11P. The summed E-state index contributed by atoms with van der Waals surface area (Å²) in [6, 6.07) is 0. The van der Waals surface area contributed by atoms with Crippen LogP contribution in [-0.2, 0) is 0 Å². The van der Waals surface area contributed by atoms with E-state index in [0.717, 1.165) is 0 Å². The maximum atomic E-state index is 2.28. The Morgan fingerprint density at radius 2 is 2.17 bits per heavy atom. The van der Waals surface area contributed by atoms with Crippen molar-refractivity contribution in [3.63, 3.8) is 0 Å². The van der Waals surface area contributed by atoms with Crippen LogP contribution < -0.4 is 0 Å². The van der Waals surface area contributed by atoms with Crippen LogP contribution in [0.1, 0.15) is 20.3 Å². The van der Waals surface area contributed by atoms with Gasteiger partial charge in [-0.1, -0.05) is 19.6 Å². The van der Waals surface area contributed by atoms with Gasteiger partial charge in [-0.3, -0.25) is 0 Å². The van der Waals surface area contributed by atoms with E-state index < -0.39 is 0 Å². The topological polar surface area (TPSA) is 0 Å². The molecule has 0 saturated carbocycles. The van der Waals surface area contributed by atoms with Crippen molar-refractivity contribution >= 4 is 14.0 Å². The first-order valence-corrected chi connectivity index (χ1v) is 3.55. The Morgan fingerprint density at radius 3 is 2.33 bits per heavy atom. The lowest BCUT2D eigenvalue weighted by molar-refractivity contribution is 1.35. The van der Waals surface area contributed by atoms with Crippen LogP contribution in [0.4, 0.5) is 0 Å². The fraction of sp³-hybridized carbons (Fsp3) is 0.800. The molecule has 0 rings (SSSR count). The Bertz CT molecular complexity index is 33.2. The van der Waals surface area contributed by atoms with E-state index in [1.807, 2.05) is 0 Å². The Hall–Kier alpha value is 0.170. The lowest BCUT2D eigenvalue weighted by Crippen LogP contribution is -1.58. The molecule has 0 nitrogen and oxygen atoms in total. The van der Waals surface area contributed by atoms with Crippen molar-refractivity contribution in [1.82, 2.24) is 0 Å². The monoisotopic (exact) mass is 102 g/mol. The van der Waals surface area contributed by atoms with Gasteiger partial charge in [-0.05, 0) is 12.6 Å². The SMILES string of the molecule is CCC=PCC. The third-order valence-electron chi connectivity index (χ3n) is 0.494. The molecule has 0 aliphatic carbocycles. The van der Waals surface area contributed by atoms with E-state index in [9.17, 15) is 0 Å². The highest BCUT2D eigenvalue weighted by Crippen LogP contribution is 1.90. The fourth-order valence-electron chi connectivity index (χ4n) is 0.258. The Morgan fingerprint density at radius 1 is 1.50 bits per heavy atom. The van der Waals surface area contributed by atoms with Crippen molar-refractivity contribution in [3.8, 4) is 0 Å². The second-order valence-corrected chi connectivity index (χ2v) is 2.45. The van der Waals surface area contributed by atoms with Gasteiger partial charge in [-0.15, -0.1) is 8.20 Å². The van der Waals surface area contributed by atoms with Crippen LogP contribution in [0, 0.1) is 0 Å². The van der Waals surface area contributed by atoms with E-state index in [2.05, 4.69) is 19.6 Å². The van der Waals surface area contributed by atoms with Gasteiger partial charge in [0.25, 0.3) is 0 Å². The Kier molecular flexibility index (Phi) is 5.32. The Labute approximate surface area is 41.4 Å². The predicted octanol–water partition coefficient (Wildman–Crippen LogP) is 2.16. The molecule has 0 unspecified atom stereocenters. The van der Waals surface area contributed by atoms with Gasteiger partial charge in [0.15, 0.2) is 0 Å². The van der Waals surface area contributed by atoms with Gasteiger partial charge in [-0.25, -0.2) is 0 Å². The van der Waals surface area contributed by atoms with Gasteiger partial charge in [0.1, 0.15) is 0 Å². The van der Waals surface area contributed by atoms with Crippen molar-refractivity contribution in [2.75, 3.05) is 6.16 Å². The predicted molar refractivity (Wildman–Crippen MR) is 33.8 cm³/mol. The minimum absolute atomic E-state index is 1.22. The van der Waals surface area contributed by atoms with Crippen LogP contribution in [0.25, 0.3) is 0 Å². The molecule has 0 aromatic carbocycles. The van der Waals surface area contributed by atoms with E-state index in [0.29, 0.717) is 0 Å². The van der Waals surface area contributed by atoms with Gasteiger partial charge in [0.05, 0.1) is 0 Å². The molecule has 0 heterocycles. The highest BCUT2D eigenvalue weighted by atomic mass is 31.1. The first-order chi connectivity index (χ1) is 2.91. The summed E-state index contributed by atoms with van der Waals surface area (Å²) in [5.41, 5.74) is 0. The maximum absolute atomic E-state index is 2.28. The summed E-state index contributed by atoms with van der Waals surface area (Å²) in [4.78, 5) is 0. The zero-order chi connectivity index (χ0) is 4.83. The third-order valence-corrected chi connectivity index (χ3v) is 1.48. The minimum Gasteiger partial charge on any atom is -0.109 e. The molecule has 0 spiro atoms. The normalized spacial score (nSPS) is 10.3. The van der Waals surface area contributed by atoms with Crippen molar-refractivity contribution in [2.24, 2.45) is 0 Å². The smallest absolute Gasteiger partial charge is 0.0138 e. The zero-order valence-corrected chi connectivity index (χ0v) is 5.33. The molecule has 0 bridgehead atoms. The average Bonchev–Trinajstić information content (AvgIpc) is 1.61. The summed E-state index contributed by atoms with van der Waals surface area (Å²) in [7, 11) is 1.49. The second kappa shape index (κ2) is 5.17. The van der Waals surface area contributed by atoms with E-state index in [1.165, 1.54) is 20.8 Å². The average molecular weight is 102 g/mol. The molecule has 0 amide bonds. The van der Waals surface area contributed by atoms with E-state index in [-0.39, 0.29) is 0 Å². The van der Waals surface area contributed by atoms with Crippen molar-refractivity contribution in [3.05, 3.63) is 0 Å². The molecule has 0 saturated heterocycles. The van der Waals surface area contributed by atoms with Gasteiger partial charge in [0, 0.05) is 0 Å². The second-order valence-electron chi connectivity index (χ2n) is 1.09.